The van der Waals surface area contributed by atoms with E-state index in [0.29, 0.717) is 19.0 Å². The lowest BCUT2D eigenvalue weighted by molar-refractivity contribution is -0.127. The van der Waals surface area contributed by atoms with Crippen LogP contribution in [0.1, 0.15) is 11.1 Å². The van der Waals surface area contributed by atoms with Gasteiger partial charge in [-0.25, -0.2) is 9.38 Å². The van der Waals surface area contributed by atoms with Crippen LogP contribution in [0.2, 0.25) is 0 Å². The zero-order valence-electron chi connectivity index (χ0n) is 15.9. The van der Waals surface area contributed by atoms with Crippen LogP contribution in [0.25, 0.3) is 0 Å². The molecule has 146 valence electrons. The van der Waals surface area contributed by atoms with Crippen molar-refractivity contribution in [2.45, 2.75) is 13.1 Å². The van der Waals surface area contributed by atoms with Gasteiger partial charge in [0.15, 0.2) is 5.96 Å². The topological polar surface area (TPSA) is 47.9 Å². The smallest absolute Gasteiger partial charge is 0.241 e. The Morgan fingerprint density at radius 3 is 2.22 bits per heavy atom. The van der Waals surface area contributed by atoms with E-state index in [-0.39, 0.29) is 42.2 Å². The molecule has 2 aromatic carbocycles. The lowest BCUT2D eigenvalue weighted by Gasteiger charge is -2.23. The van der Waals surface area contributed by atoms with Gasteiger partial charge in [-0.05, 0) is 23.3 Å². The van der Waals surface area contributed by atoms with Crippen LogP contribution >= 0.6 is 24.0 Å². The number of nitrogens with one attached hydrogen (secondary N) is 1. The van der Waals surface area contributed by atoms with E-state index in [1.54, 1.807) is 26.2 Å². The average Bonchev–Trinajstić information content (AvgIpc) is 2.64. The molecule has 27 heavy (non-hydrogen) atoms. The standard InChI is InChI=1S/C20H25FN4O.HI/c1-24(2)19(26)14-23-20(22-13-16-7-5-4-6-8-16)25(3)15-17-9-11-18(21)12-10-17;/h4-12H,13-15H2,1-3H3,(H,22,23);1H. The Labute approximate surface area is 177 Å². The van der Waals surface area contributed by atoms with Crippen molar-refractivity contribution >= 4 is 35.8 Å². The highest BCUT2D eigenvalue weighted by Gasteiger charge is 2.11. The predicted molar refractivity (Wildman–Crippen MR) is 118 cm³/mol. The number of hydrogen-bond acceptors (Lipinski definition) is 2. The summed E-state index contributed by atoms with van der Waals surface area (Å²) < 4.78 is 13.1. The highest BCUT2D eigenvalue weighted by Crippen LogP contribution is 2.07. The van der Waals surface area contributed by atoms with Crippen LogP contribution in [0.5, 0.6) is 0 Å². The van der Waals surface area contributed by atoms with Crippen molar-refractivity contribution in [2.75, 3.05) is 27.7 Å². The van der Waals surface area contributed by atoms with E-state index < -0.39 is 0 Å². The second kappa shape index (κ2) is 11.5. The minimum Gasteiger partial charge on any atom is -0.347 e. The minimum atomic E-state index is -0.260. The molecule has 0 spiro atoms. The van der Waals surface area contributed by atoms with E-state index in [1.807, 2.05) is 42.3 Å². The van der Waals surface area contributed by atoms with Gasteiger partial charge in [0.2, 0.25) is 5.91 Å². The van der Waals surface area contributed by atoms with Crippen molar-refractivity contribution in [2.24, 2.45) is 4.99 Å². The predicted octanol–water partition coefficient (Wildman–Crippen LogP) is 3.11. The SMILES string of the molecule is CN(C)C(=O)CNC(=NCc1ccccc1)N(C)Cc1ccc(F)cc1.I. The molecular formula is C20H26FIN4O. The summed E-state index contributed by atoms with van der Waals surface area (Å²) in [6, 6.07) is 16.3. The van der Waals surface area contributed by atoms with Crippen molar-refractivity contribution in [3.63, 3.8) is 0 Å². The van der Waals surface area contributed by atoms with E-state index >= 15 is 0 Å². The molecule has 0 aliphatic rings. The molecule has 1 N–H and O–H groups in total. The Kier molecular flexibility index (Phi) is 9.77. The van der Waals surface area contributed by atoms with Gasteiger partial charge in [-0.2, -0.15) is 0 Å². The maximum Gasteiger partial charge on any atom is 0.241 e. The Balaban J connectivity index is 0.00000364. The Morgan fingerprint density at radius 1 is 1.00 bits per heavy atom. The normalized spacial score (nSPS) is 10.7. The van der Waals surface area contributed by atoms with Crippen LogP contribution < -0.4 is 5.32 Å². The number of amides is 1. The van der Waals surface area contributed by atoms with Crippen LogP contribution in [0.3, 0.4) is 0 Å². The lowest BCUT2D eigenvalue weighted by Crippen LogP contribution is -2.43. The largest absolute Gasteiger partial charge is 0.347 e. The molecule has 0 aliphatic carbocycles. The van der Waals surface area contributed by atoms with Crippen molar-refractivity contribution < 1.29 is 9.18 Å². The van der Waals surface area contributed by atoms with Crippen LogP contribution in [0.15, 0.2) is 59.6 Å². The van der Waals surface area contributed by atoms with Crippen LogP contribution in [0, 0.1) is 5.82 Å². The molecular weight excluding hydrogens is 458 g/mol. The van der Waals surface area contributed by atoms with E-state index in [4.69, 9.17) is 0 Å². The molecule has 0 radical (unpaired) electrons. The highest BCUT2D eigenvalue weighted by atomic mass is 127. The quantitative estimate of drug-likeness (QED) is 0.390. The molecule has 2 rings (SSSR count). The first-order valence-corrected chi connectivity index (χ1v) is 8.43. The third-order valence-electron chi connectivity index (χ3n) is 3.85. The van der Waals surface area contributed by atoms with Gasteiger partial charge < -0.3 is 15.1 Å². The molecule has 0 aromatic heterocycles. The molecule has 0 fully saturated rings. The fourth-order valence-corrected chi connectivity index (χ4v) is 2.31. The second-order valence-electron chi connectivity index (χ2n) is 6.25. The molecule has 0 atom stereocenters. The summed E-state index contributed by atoms with van der Waals surface area (Å²) in [6.07, 6.45) is 0. The van der Waals surface area contributed by atoms with E-state index in [2.05, 4.69) is 10.3 Å². The molecule has 2 aromatic rings. The molecule has 0 saturated heterocycles. The van der Waals surface area contributed by atoms with Gasteiger partial charge in [0.25, 0.3) is 0 Å². The molecule has 0 aliphatic heterocycles. The fraction of sp³-hybridized carbons (Fsp3) is 0.300. The summed E-state index contributed by atoms with van der Waals surface area (Å²) in [5.41, 5.74) is 2.04. The summed E-state index contributed by atoms with van der Waals surface area (Å²) in [5, 5.41) is 3.11. The van der Waals surface area contributed by atoms with Gasteiger partial charge in [-0.1, -0.05) is 42.5 Å². The fourth-order valence-electron chi connectivity index (χ4n) is 2.31. The summed E-state index contributed by atoms with van der Waals surface area (Å²) >= 11 is 0. The van der Waals surface area contributed by atoms with Crippen LogP contribution in [0.4, 0.5) is 4.39 Å². The second-order valence-corrected chi connectivity index (χ2v) is 6.25. The van der Waals surface area contributed by atoms with Crippen molar-refractivity contribution in [1.82, 2.24) is 15.1 Å². The number of carbonyl (C=O) groups excluding carboxylic acids is 1. The van der Waals surface area contributed by atoms with E-state index in [1.165, 1.54) is 17.0 Å². The number of halogens is 2. The molecule has 7 heteroatoms. The Hall–Kier alpha value is -2.16. The maximum absolute atomic E-state index is 13.1. The summed E-state index contributed by atoms with van der Waals surface area (Å²) in [6.45, 7) is 1.22. The molecule has 5 nitrogen and oxygen atoms in total. The van der Waals surface area contributed by atoms with Crippen molar-refractivity contribution in [1.29, 1.82) is 0 Å². The third kappa shape index (κ3) is 7.94. The summed E-state index contributed by atoms with van der Waals surface area (Å²) in [5.74, 6) is 0.324. The van der Waals surface area contributed by atoms with Gasteiger partial charge in [0.05, 0.1) is 13.1 Å². The Bertz CT molecular complexity index is 735. The number of benzene rings is 2. The van der Waals surface area contributed by atoms with Gasteiger partial charge in [0.1, 0.15) is 5.82 Å². The maximum atomic E-state index is 13.1. The van der Waals surface area contributed by atoms with E-state index in [0.717, 1.165) is 11.1 Å². The molecule has 1 amide bonds. The monoisotopic (exact) mass is 484 g/mol. The van der Waals surface area contributed by atoms with Crippen LogP contribution in [-0.4, -0.2) is 49.4 Å². The van der Waals surface area contributed by atoms with Gasteiger partial charge in [0, 0.05) is 27.7 Å². The van der Waals surface area contributed by atoms with Crippen LogP contribution in [-0.2, 0) is 17.9 Å². The number of rotatable bonds is 6. The third-order valence-corrected chi connectivity index (χ3v) is 3.85. The molecule has 0 bridgehead atoms. The van der Waals surface area contributed by atoms with E-state index in [9.17, 15) is 9.18 Å². The number of carbonyl (C=O) groups is 1. The number of nitrogens with zero attached hydrogens (tertiary/aromatic N) is 3. The number of likely N-dealkylation sites (N-methyl/N-ethyl adjacent to an activating group) is 1. The van der Waals surface area contributed by atoms with Crippen molar-refractivity contribution in [3.05, 3.63) is 71.5 Å². The first-order valence-electron chi connectivity index (χ1n) is 8.43. The minimum absolute atomic E-state index is 0. The van der Waals surface area contributed by atoms with Gasteiger partial charge in [-0.15, -0.1) is 24.0 Å². The number of hydrogen-bond donors (Lipinski definition) is 1. The first kappa shape index (κ1) is 22.9. The Morgan fingerprint density at radius 2 is 1.63 bits per heavy atom. The molecule has 0 saturated carbocycles. The highest BCUT2D eigenvalue weighted by molar-refractivity contribution is 14.0. The number of guanidine groups is 1. The lowest BCUT2D eigenvalue weighted by atomic mass is 10.2. The first-order chi connectivity index (χ1) is 12.5. The molecule has 0 unspecified atom stereocenters. The van der Waals surface area contributed by atoms with Crippen molar-refractivity contribution in [3.8, 4) is 0 Å². The zero-order valence-corrected chi connectivity index (χ0v) is 18.2. The molecule has 0 heterocycles. The number of aliphatic imine (C=N–C) groups is 1. The zero-order chi connectivity index (χ0) is 18.9. The van der Waals surface area contributed by atoms with Gasteiger partial charge in [-0.3, -0.25) is 4.79 Å². The summed E-state index contributed by atoms with van der Waals surface area (Å²) in [7, 11) is 5.32. The average molecular weight is 484 g/mol. The van der Waals surface area contributed by atoms with Gasteiger partial charge >= 0.3 is 0 Å². The summed E-state index contributed by atoms with van der Waals surface area (Å²) in [4.78, 5) is 20.0.